The maximum absolute atomic E-state index is 5.94. The zero-order valence-corrected chi connectivity index (χ0v) is 13.8. The zero-order chi connectivity index (χ0) is 14.1. The van der Waals surface area contributed by atoms with Crippen LogP contribution >= 0.6 is 15.9 Å². The van der Waals surface area contributed by atoms with E-state index in [2.05, 4.69) is 59.3 Å². The molecule has 1 rings (SSSR count). The van der Waals surface area contributed by atoms with Crippen LogP contribution in [0.25, 0.3) is 0 Å². The minimum atomic E-state index is 0.752. The van der Waals surface area contributed by atoms with E-state index in [1.54, 1.807) is 0 Å². The fraction of sp³-hybridized carbons (Fsp3) is 0.600. The Bertz CT molecular complexity index is 369. The highest BCUT2D eigenvalue weighted by molar-refractivity contribution is 9.10. The van der Waals surface area contributed by atoms with E-state index in [0.717, 1.165) is 49.3 Å². The minimum absolute atomic E-state index is 0.752. The van der Waals surface area contributed by atoms with Gasteiger partial charge in [0, 0.05) is 18.7 Å². The number of hydrogen-bond donors (Lipinski definition) is 1. The fourth-order valence-corrected chi connectivity index (χ4v) is 2.33. The van der Waals surface area contributed by atoms with E-state index in [0.29, 0.717) is 0 Å². The van der Waals surface area contributed by atoms with Crippen LogP contribution in [0.15, 0.2) is 22.7 Å². The Labute approximate surface area is 125 Å². The molecule has 0 saturated heterocycles. The predicted octanol–water partition coefficient (Wildman–Crippen LogP) is 3.28. The van der Waals surface area contributed by atoms with Crippen molar-refractivity contribution in [3.63, 3.8) is 0 Å². The summed E-state index contributed by atoms with van der Waals surface area (Å²) in [6.45, 7) is 5.87. The van der Waals surface area contributed by atoms with Crippen LogP contribution < -0.4 is 10.1 Å². The van der Waals surface area contributed by atoms with Gasteiger partial charge < -0.3 is 15.0 Å². The third-order valence-electron chi connectivity index (χ3n) is 2.79. The Morgan fingerprint density at radius 1 is 1.32 bits per heavy atom. The van der Waals surface area contributed by atoms with Gasteiger partial charge >= 0.3 is 0 Å². The van der Waals surface area contributed by atoms with E-state index >= 15 is 0 Å². The minimum Gasteiger partial charge on any atom is -0.492 e. The molecule has 0 spiro atoms. The van der Waals surface area contributed by atoms with E-state index in [1.165, 1.54) is 5.56 Å². The van der Waals surface area contributed by atoms with Crippen molar-refractivity contribution in [1.29, 1.82) is 0 Å². The number of benzene rings is 1. The summed E-state index contributed by atoms with van der Waals surface area (Å²) in [5, 5.41) is 3.42. The molecule has 0 aliphatic rings. The molecule has 3 nitrogen and oxygen atoms in total. The first-order valence-corrected chi connectivity index (χ1v) is 7.70. The highest BCUT2D eigenvalue weighted by atomic mass is 79.9. The molecule has 0 fully saturated rings. The lowest BCUT2D eigenvalue weighted by atomic mass is 10.2. The van der Waals surface area contributed by atoms with Crippen molar-refractivity contribution in [2.75, 3.05) is 33.8 Å². The summed E-state index contributed by atoms with van der Waals surface area (Å²) in [5.74, 6) is 0.977. The Balaban J connectivity index is 2.53. The van der Waals surface area contributed by atoms with E-state index in [4.69, 9.17) is 4.74 Å². The zero-order valence-electron chi connectivity index (χ0n) is 12.2. The summed E-state index contributed by atoms with van der Waals surface area (Å²) >= 11 is 3.57. The quantitative estimate of drug-likeness (QED) is 0.704. The van der Waals surface area contributed by atoms with Gasteiger partial charge in [-0.25, -0.2) is 0 Å². The summed E-state index contributed by atoms with van der Waals surface area (Å²) in [6, 6.07) is 6.21. The van der Waals surface area contributed by atoms with E-state index in [1.807, 2.05) is 6.07 Å². The number of hydrogen-bond acceptors (Lipinski definition) is 3. The molecule has 0 atom stereocenters. The number of ether oxygens (including phenoxy) is 1. The SMILES string of the molecule is CCCNCc1cccc(Br)c1OCCCN(C)C. The normalized spacial score (nSPS) is 11.0. The Morgan fingerprint density at radius 2 is 2.11 bits per heavy atom. The van der Waals surface area contributed by atoms with Crippen LogP contribution in [0.5, 0.6) is 5.75 Å². The number of halogens is 1. The van der Waals surface area contributed by atoms with Crippen molar-refractivity contribution in [3.8, 4) is 5.75 Å². The third kappa shape index (κ3) is 6.41. The molecular weight excluding hydrogens is 304 g/mol. The van der Waals surface area contributed by atoms with Crippen LogP contribution in [-0.2, 0) is 6.54 Å². The van der Waals surface area contributed by atoms with Crippen molar-refractivity contribution in [1.82, 2.24) is 10.2 Å². The standard InChI is InChI=1S/C15H25BrN2O/c1-4-9-17-12-13-7-5-8-14(16)15(13)19-11-6-10-18(2)3/h5,7-8,17H,4,6,9-12H2,1-3H3. The van der Waals surface area contributed by atoms with Gasteiger partial charge in [0.15, 0.2) is 0 Å². The Kier molecular flexibility index (Phi) is 8.10. The van der Waals surface area contributed by atoms with Crippen molar-refractivity contribution < 1.29 is 4.74 Å². The second-order valence-electron chi connectivity index (χ2n) is 4.91. The molecule has 0 aliphatic carbocycles. The average Bonchev–Trinajstić information content (AvgIpc) is 2.37. The lowest BCUT2D eigenvalue weighted by molar-refractivity contribution is 0.277. The molecule has 0 saturated carbocycles. The van der Waals surface area contributed by atoms with Crippen LogP contribution in [-0.4, -0.2) is 38.7 Å². The smallest absolute Gasteiger partial charge is 0.137 e. The largest absolute Gasteiger partial charge is 0.492 e. The van der Waals surface area contributed by atoms with Crippen molar-refractivity contribution in [2.24, 2.45) is 0 Å². The molecule has 1 aromatic carbocycles. The molecule has 1 aromatic rings. The second-order valence-corrected chi connectivity index (χ2v) is 5.76. The number of para-hydroxylation sites is 1. The van der Waals surface area contributed by atoms with E-state index in [9.17, 15) is 0 Å². The van der Waals surface area contributed by atoms with E-state index < -0.39 is 0 Å². The Morgan fingerprint density at radius 3 is 2.79 bits per heavy atom. The maximum atomic E-state index is 5.94. The fourth-order valence-electron chi connectivity index (χ4n) is 1.81. The topological polar surface area (TPSA) is 24.5 Å². The summed E-state index contributed by atoms with van der Waals surface area (Å²) in [5.41, 5.74) is 1.22. The summed E-state index contributed by atoms with van der Waals surface area (Å²) in [6.07, 6.45) is 2.18. The molecule has 4 heteroatoms. The van der Waals surface area contributed by atoms with Gasteiger partial charge in [0.25, 0.3) is 0 Å². The molecule has 19 heavy (non-hydrogen) atoms. The van der Waals surface area contributed by atoms with Gasteiger partial charge in [0.1, 0.15) is 5.75 Å². The molecule has 0 aliphatic heterocycles. The molecule has 0 bridgehead atoms. The summed E-state index contributed by atoms with van der Waals surface area (Å²) in [7, 11) is 4.16. The van der Waals surface area contributed by atoms with Crippen LogP contribution in [0.1, 0.15) is 25.3 Å². The average molecular weight is 329 g/mol. The van der Waals surface area contributed by atoms with Gasteiger partial charge in [0.05, 0.1) is 11.1 Å². The predicted molar refractivity (Wildman–Crippen MR) is 84.8 cm³/mol. The van der Waals surface area contributed by atoms with Crippen LogP contribution in [0.4, 0.5) is 0 Å². The lowest BCUT2D eigenvalue weighted by Crippen LogP contribution is -2.17. The molecule has 108 valence electrons. The van der Waals surface area contributed by atoms with Gasteiger partial charge in [-0.2, -0.15) is 0 Å². The van der Waals surface area contributed by atoms with Crippen molar-refractivity contribution >= 4 is 15.9 Å². The summed E-state index contributed by atoms with van der Waals surface area (Å²) in [4.78, 5) is 2.17. The van der Waals surface area contributed by atoms with Crippen LogP contribution in [0.2, 0.25) is 0 Å². The lowest BCUT2D eigenvalue weighted by Gasteiger charge is -2.15. The third-order valence-corrected chi connectivity index (χ3v) is 3.41. The highest BCUT2D eigenvalue weighted by Crippen LogP contribution is 2.29. The number of rotatable bonds is 9. The van der Waals surface area contributed by atoms with E-state index in [-0.39, 0.29) is 0 Å². The first-order chi connectivity index (χ1) is 9.15. The maximum Gasteiger partial charge on any atom is 0.137 e. The number of nitrogens with one attached hydrogen (secondary N) is 1. The van der Waals surface area contributed by atoms with Gasteiger partial charge in [-0.15, -0.1) is 0 Å². The highest BCUT2D eigenvalue weighted by Gasteiger charge is 2.07. The van der Waals surface area contributed by atoms with Crippen LogP contribution in [0, 0.1) is 0 Å². The molecule has 1 N–H and O–H groups in total. The molecule has 0 radical (unpaired) electrons. The Hall–Kier alpha value is -0.580. The van der Waals surface area contributed by atoms with Gasteiger partial charge in [-0.05, 0) is 55.5 Å². The monoisotopic (exact) mass is 328 g/mol. The molecular formula is C15H25BrN2O. The molecule has 0 heterocycles. The second kappa shape index (κ2) is 9.34. The molecule has 0 unspecified atom stereocenters. The molecule has 0 aromatic heterocycles. The molecule has 0 amide bonds. The van der Waals surface area contributed by atoms with Crippen molar-refractivity contribution in [3.05, 3.63) is 28.2 Å². The number of nitrogens with zero attached hydrogens (tertiary/aromatic N) is 1. The van der Waals surface area contributed by atoms with Crippen molar-refractivity contribution in [2.45, 2.75) is 26.3 Å². The van der Waals surface area contributed by atoms with Gasteiger partial charge in [0.2, 0.25) is 0 Å². The first kappa shape index (κ1) is 16.5. The van der Waals surface area contributed by atoms with Gasteiger partial charge in [-0.3, -0.25) is 0 Å². The first-order valence-electron chi connectivity index (χ1n) is 6.90. The van der Waals surface area contributed by atoms with Crippen LogP contribution in [0.3, 0.4) is 0 Å². The summed E-state index contributed by atoms with van der Waals surface area (Å²) < 4.78 is 6.97. The van der Waals surface area contributed by atoms with Gasteiger partial charge in [-0.1, -0.05) is 19.1 Å².